The highest BCUT2D eigenvalue weighted by Gasteiger charge is 2.25. The van der Waals surface area contributed by atoms with Gasteiger partial charge in [0.25, 0.3) is 0 Å². The van der Waals surface area contributed by atoms with E-state index in [0.717, 1.165) is 10.0 Å². The highest BCUT2D eigenvalue weighted by Crippen LogP contribution is 2.24. The largest absolute Gasteiger partial charge is 0.383 e. The molecular weight excluding hydrogens is 372 g/mol. The van der Waals surface area contributed by atoms with Crippen LogP contribution in [0.5, 0.6) is 0 Å². The van der Waals surface area contributed by atoms with Gasteiger partial charge in [-0.15, -0.1) is 12.4 Å². The summed E-state index contributed by atoms with van der Waals surface area (Å²) in [4.78, 5) is 14.0. The average molecular weight is 394 g/mol. The molecule has 1 heterocycles. The van der Waals surface area contributed by atoms with Crippen LogP contribution < -0.4 is 5.32 Å². The fraction of sp³-hybridized carbons (Fsp3) is 0.533. The van der Waals surface area contributed by atoms with E-state index in [1.807, 2.05) is 29.2 Å². The van der Waals surface area contributed by atoms with E-state index in [2.05, 4.69) is 21.2 Å². The summed E-state index contributed by atoms with van der Waals surface area (Å²) in [6.45, 7) is 3.45. The summed E-state index contributed by atoms with van der Waals surface area (Å²) in [7, 11) is 1.65. The molecule has 1 unspecified atom stereocenters. The van der Waals surface area contributed by atoms with Crippen molar-refractivity contribution in [3.05, 3.63) is 34.3 Å². The molecule has 1 aromatic rings. The summed E-state index contributed by atoms with van der Waals surface area (Å²) in [5.41, 5.74) is 1.09. The highest BCUT2D eigenvalue weighted by atomic mass is 79.9. The van der Waals surface area contributed by atoms with Gasteiger partial charge in [-0.25, -0.2) is 0 Å². The van der Waals surface area contributed by atoms with E-state index in [4.69, 9.17) is 9.47 Å². The Kier molecular flexibility index (Phi) is 8.97. The third-order valence-corrected chi connectivity index (χ3v) is 3.89. The minimum absolute atomic E-state index is 0. The Morgan fingerprint density at radius 3 is 3.09 bits per heavy atom. The summed E-state index contributed by atoms with van der Waals surface area (Å²) < 4.78 is 11.8. The van der Waals surface area contributed by atoms with Crippen LogP contribution in [0.15, 0.2) is 28.7 Å². The molecule has 0 bridgehead atoms. The normalized spacial score (nSPS) is 17.9. The third kappa shape index (κ3) is 5.85. The first kappa shape index (κ1) is 19.4. The van der Waals surface area contributed by atoms with Gasteiger partial charge in [-0.05, 0) is 17.7 Å². The van der Waals surface area contributed by atoms with Gasteiger partial charge in [0.05, 0.1) is 26.3 Å². The summed E-state index contributed by atoms with van der Waals surface area (Å²) in [6, 6.07) is 8.03. The predicted octanol–water partition coefficient (Wildman–Crippen LogP) is 2.01. The second kappa shape index (κ2) is 10.2. The van der Waals surface area contributed by atoms with Crippen LogP contribution in [0.2, 0.25) is 0 Å². The SMILES string of the molecule is COCCNCC(=O)N1CCOC(c2cccc(Br)c2)C1.Cl. The van der Waals surface area contributed by atoms with Gasteiger partial charge in [0.1, 0.15) is 6.10 Å². The van der Waals surface area contributed by atoms with Crippen LogP contribution in [-0.4, -0.2) is 57.3 Å². The molecule has 1 fully saturated rings. The van der Waals surface area contributed by atoms with Crippen molar-refractivity contribution in [2.45, 2.75) is 6.10 Å². The van der Waals surface area contributed by atoms with Crippen LogP contribution in [0.25, 0.3) is 0 Å². The Hall–Kier alpha value is -0.660. The summed E-state index contributed by atoms with van der Waals surface area (Å²) in [5, 5.41) is 3.08. The average Bonchev–Trinajstić information content (AvgIpc) is 2.51. The van der Waals surface area contributed by atoms with Gasteiger partial charge in [-0.3, -0.25) is 4.79 Å². The minimum atomic E-state index is -0.0563. The summed E-state index contributed by atoms with van der Waals surface area (Å²) in [5.74, 6) is 0.106. The molecule has 5 nitrogen and oxygen atoms in total. The number of nitrogens with zero attached hydrogens (tertiary/aromatic N) is 1. The molecule has 0 spiro atoms. The zero-order valence-corrected chi connectivity index (χ0v) is 15.0. The molecular formula is C15H22BrClN2O3. The van der Waals surface area contributed by atoms with Crippen molar-refractivity contribution in [2.75, 3.05) is 46.5 Å². The number of methoxy groups -OCH3 is 1. The van der Waals surface area contributed by atoms with Crippen LogP contribution in [0.4, 0.5) is 0 Å². The van der Waals surface area contributed by atoms with Crippen LogP contribution in [0.3, 0.4) is 0 Å². The van der Waals surface area contributed by atoms with E-state index in [0.29, 0.717) is 39.4 Å². The van der Waals surface area contributed by atoms with Crippen LogP contribution in [0.1, 0.15) is 11.7 Å². The topological polar surface area (TPSA) is 50.8 Å². The first-order valence-corrected chi connectivity index (χ1v) is 7.84. The van der Waals surface area contributed by atoms with Crippen molar-refractivity contribution in [3.8, 4) is 0 Å². The van der Waals surface area contributed by atoms with E-state index in [-0.39, 0.29) is 24.4 Å². The number of carbonyl (C=O) groups excluding carboxylic acids is 1. The minimum Gasteiger partial charge on any atom is -0.383 e. The smallest absolute Gasteiger partial charge is 0.236 e. The molecule has 0 saturated carbocycles. The summed E-state index contributed by atoms with van der Waals surface area (Å²) in [6.07, 6.45) is -0.0563. The molecule has 0 aromatic heterocycles. The predicted molar refractivity (Wildman–Crippen MR) is 91.4 cm³/mol. The van der Waals surface area contributed by atoms with Crippen molar-refractivity contribution in [2.24, 2.45) is 0 Å². The Balaban J connectivity index is 0.00000242. The molecule has 1 aliphatic rings. The number of rotatable bonds is 6. The molecule has 0 radical (unpaired) electrons. The molecule has 22 heavy (non-hydrogen) atoms. The van der Waals surface area contributed by atoms with Gasteiger partial charge in [0.2, 0.25) is 5.91 Å². The molecule has 2 rings (SSSR count). The standard InChI is InChI=1S/C15H21BrN2O3.ClH/c1-20-7-5-17-10-15(19)18-6-8-21-14(11-18)12-3-2-4-13(16)9-12;/h2-4,9,14,17H,5-8,10-11H2,1H3;1H. The molecule has 1 aromatic carbocycles. The van der Waals surface area contributed by atoms with Crippen molar-refractivity contribution in [1.29, 1.82) is 0 Å². The lowest BCUT2D eigenvalue weighted by Crippen LogP contribution is -2.46. The van der Waals surface area contributed by atoms with Crippen molar-refractivity contribution < 1.29 is 14.3 Å². The number of hydrogen-bond acceptors (Lipinski definition) is 4. The Bertz CT molecular complexity index is 476. The van der Waals surface area contributed by atoms with Crippen LogP contribution >= 0.6 is 28.3 Å². The molecule has 124 valence electrons. The molecule has 7 heteroatoms. The zero-order chi connectivity index (χ0) is 15.1. The van der Waals surface area contributed by atoms with Gasteiger partial charge in [0.15, 0.2) is 0 Å². The zero-order valence-electron chi connectivity index (χ0n) is 12.6. The number of amides is 1. The van der Waals surface area contributed by atoms with Gasteiger partial charge in [-0.2, -0.15) is 0 Å². The first-order valence-electron chi connectivity index (χ1n) is 7.05. The maximum Gasteiger partial charge on any atom is 0.236 e. The number of benzene rings is 1. The molecule has 1 N–H and O–H groups in total. The van der Waals surface area contributed by atoms with E-state index < -0.39 is 0 Å². The lowest BCUT2D eigenvalue weighted by molar-refractivity contribution is -0.138. The van der Waals surface area contributed by atoms with Crippen LogP contribution in [0, 0.1) is 0 Å². The molecule has 1 aliphatic heterocycles. The molecule has 1 saturated heterocycles. The van der Waals surface area contributed by atoms with E-state index in [1.165, 1.54) is 0 Å². The van der Waals surface area contributed by atoms with E-state index in [9.17, 15) is 4.79 Å². The third-order valence-electron chi connectivity index (χ3n) is 3.40. The quantitative estimate of drug-likeness (QED) is 0.751. The summed E-state index contributed by atoms with van der Waals surface area (Å²) >= 11 is 3.46. The Morgan fingerprint density at radius 2 is 2.36 bits per heavy atom. The first-order chi connectivity index (χ1) is 10.2. The maximum atomic E-state index is 12.2. The number of nitrogens with one attached hydrogen (secondary N) is 1. The van der Waals surface area contributed by atoms with Gasteiger partial charge in [-0.1, -0.05) is 28.1 Å². The number of ether oxygens (including phenoxy) is 2. The maximum absolute atomic E-state index is 12.2. The van der Waals surface area contributed by atoms with E-state index >= 15 is 0 Å². The highest BCUT2D eigenvalue weighted by molar-refractivity contribution is 9.10. The Morgan fingerprint density at radius 1 is 1.55 bits per heavy atom. The number of carbonyl (C=O) groups is 1. The van der Waals surface area contributed by atoms with Crippen molar-refractivity contribution in [3.63, 3.8) is 0 Å². The van der Waals surface area contributed by atoms with Gasteiger partial charge < -0.3 is 19.7 Å². The monoisotopic (exact) mass is 392 g/mol. The van der Waals surface area contributed by atoms with Gasteiger partial charge in [0, 0.05) is 24.7 Å². The fourth-order valence-corrected chi connectivity index (χ4v) is 2.68. The number of hydrogen-bond donors (Lipinski definition) is 1. The molecule has 1 atom stereocenters. The van der Waals surface area contributed by atoms with Crippen molar-refractivity contribution in [1.82, 2.24) is 10.2 Å². The van der Waals surface area contributed by atoms with Gasteiger partial charge >= 0.3 is 0 Å². The molecule has 0 aliphatic carbocycles. The second-order valence-corrected chi connectivity index (χ2v) is 5.84. The van der Waals surface area contributed by atoms with E-state index in [1.54, 1.807) is 7.11 Å². The Labute approximate surface area is 145 Å². The van der Waals surface area contributed by atoms with Crippen molar-refractivity contribution >= 4 is 34.2 Å². The lowest BCUT2D eigenvalue weighted by Gasteiger charge is -2.33. The number of morpholine rings is 1. The fourth-order valence-electron chi connectivity index (χ4n) is 2.27. The van der Waals surface area contributed by atoms with Crippen LogP contribution in [-0.2, 0) is 14.3 Å². The number of halogens is 2. The molecule has 1 amide bonds. The second-order valence-electron chi connectivity index (χ2n) is 4.92. The lowest BCUT2D eigenvalue weighted by atomic mass is 10.1.